The van der Waals surface area contributed by atoms with Gasteiger partial charge in [0.15, 0.2) is 0 Å². The molecule has 1 N–H and O–H groups in total. The Morgan fingerprint density at radius 2 is 1.66 bits per heavy atom. The molecular formula is C34H38FN3O3. The third-order valence-electron chi connectivity index (χ3n) is 7.63. The number of carbonyl (C=O) groups excluding carboxylic acids is 1. The maximum Gasteiger partial charge on any atom is 0.222 e. The fraction of sp³-hybridized carbons (Fsp3) is 0.353. The Balaban J connectivity index is 1.22. The van der Waals surface area contributed by atoms with Crippen LogP contribution in [0.3, 0.4) is 0 Å². The van der Waals surface area contributed by atoms with Gasteiger partial charge in [0.05, 0.1) is 30.7 Å². The second kappa shape index (κ2) is 14.1. The highest BCUT2D eigenvalue weighted by Gasteiger charge is 2.17. The van der Waals surface area contributed by atoms with E-state index >= 15 is 0 Å². The van der Waals surface area contributed by atoms with E-state index in [2.05, 4.69) is 41.4 Å². The minimum Gasteiger partial charge on any atom is -0.494 e. The molecule has 1 aliphatic heterocycles. The molecule has 3 aromatic carbocycles. The zero-order valence-corrected chi connectivity index (χ0v) is 23.7. The zero-order valence-electron chi connectivity index (χ0n) is 23.7. The first-order valence-corrected chi connectivity index (χ1v) is 14.7. The number of fused-ring (bicyclic) bond motifs is 1. The summed E-state index contributed by atoms with van der Waals surface area (Å²) in [5.41, 5.74) is 6.00. The standard InChI is InChI=1S/C34H38FN3O3/c1-2-29(25-10-6-5-7-11-25)33(27-15-18-31-30(24-27)34(35)37-36-31)26-13-16-28(17-14-26)41-21-9-4-3-8-12-32(39)38-19-22-40-23-20-38/h5-7,10-11,13-18,24H,2-4,8-9,12,19-23H2,1H3,(H,36,37)/b33-29+. The van der Waals surface area contributed by atoms with E-state index < -0.39 is 5.95 Å². The van der Waals surface area contributed by atoms with Crippen LogP contribution in [-0.2, 0) is 9.53 Å². The lowest BCUT2D eigenvalue weighted by atomic mass is 9.88. The van der Waals surface area contributed by atoms with E-state index in [-0.39, 0.29) is 5.91 Å². The van der Waals surface area contributed by atoms with Crippen molar-refractivity contribution in [1.29, 1.82) is 0 Å². The largest absolute Gasteiger partial charge is 0.494 e. The normalized spacial score (nSPS) is 14.2. The van der Waals surface area contributed by atoms with E-state index in [0.29, 0.717) is 50.2 Å². The maximum atomic E-state index is 14.4. The summed E-state index contributed by atoms with van der Waals surface area (Å²) in [6.45, 7) is 5.51. The van der Waals surface area contributed by atoms with E-state index in [1.165, 1.54) is 5.57 Å². The molecule has 0 atom stereocenters. The molecule has 0 spiro atoms. The Bertz CT molecular complexity index is 1460. The number of amides is 1. The van der Waals surface area contributed by atoms with Crippen molar-refractivity contribution in [2.75, 3.05) is 32.9 Å². The molecular weight excluding hydrogens is 517 g/mol. The molecule has 0 radical (unpaired) electrons. The summed E-state index contributed by atoms with van der Waals surface area (Å²) in [5.74, 6) is 0.641. The molecule has 4 aromatic rings. The molecule has 1 aliphatic rings. The highest BCUT2D eigenvalue weighted by Crippen LogP contribution is 2.36. The number of hydrogen-bond acceptors (Lipinski definition) is 4. The van der Waals surface area contributed by atoms with E-state index in [4.69, 9.17) is 9.47 Å². The van der Waals surface area contributed by atoms with Crippen molar-refractivity contribution in [3.63, 3.8) is 0 Å². The number of aromatic amines is 1. The molecule has 0 aliphatic carbocycles. The van der Waals surface area contributed by atoms with Crippen LogP contribution in [-0.4, -0.2) is 53.9 Å². The third kappa shape index (κ3) is 7.22. The lowest BCUT2D eigenvalue weighted by Gasteiger charge is -2.26. The van der Waals surface area contributed by atoms with Crippen molar-refractivity contribution in [3.8, 4) is 5.75 Å². The molecule has 0 bridgehead atoms. The van der Waals surface area contributed by atoms with Crippen molar-refractivity contribution in [3.05, 3.63) is 95.4 Å². The van der Waals surface area contributed by atoms with Crippen LogP contribution in [0.25, 0.3) is 22.0 Å². The van der Waals surface area contributed by atoms with Gasteiger partial charge in [-0.1, -0.05) is 68.3 Å². The van der Waals surface area contributed by atoms with Crippen LogP contribution in [0.4, 0.5) is 4.39 Å². The predicted octanol–water partition coefficient (Wildman–Crippen LogP) is 7.26. The van der Waals surface area contributed by atoms with Crippen molar-refractivity contribution >= 4 is 28.0 Å². The predicted molar refractivity (Wildman–Crippen MR) is 161 cm³/mol. The number of benzene rings is 3. The molecule has 41 heavy (non-hydrogen) atoms. The Morgan fingerprint density at radius 1 is 0.927 bits per heavy atom. The smallest absolute Gasteiger partial charge is 0.222 e. The topological polar surface area (TPSA) is 67.4 Å². The lowest BCUT2D eigenvalue weighted by Crippen LogP contribution is -2.40. The first-order chi connectivity index (χ1) is 20.1. The minimum atomic E-state index is -0.425. The van der Waals surface area contributed by atoms with Crippen molar-refractivity contribution < 1.29 is 18.7 Å². The molecule has 1 fully saturated rings. The molecule has 0 unspecified atom stereocenters. The maximum absolute atomic E-state index is 14.4. The minimum absolute atomic E-state index is 0.242. The van der Waals surface area contributed by atoms with Crippen molar-refractivity contribution in [2.45, 2.75) is 45.4 Å². The second-order valence-corrected chi connectivity index (χ2v) is 10.4. The quantitative estimate of drug-likeness (QED) is 0.148. The molecule has 1 saturated heterocycles. The second-order valence-electron chi connectivity index (χ2n) is 10.4. The Hall–Kier alpha value is -3.97. The number of ether oxygens (including phenoxy) is 2. The third-order valence-corrected chi connectivity index (χ3v) is 7.63. The fourth-order valence-corrected chi connectivity index (χ4v) is 5.42. The number of rotatable bonds is 12. The van der Waals surface area contributed by atoms with E-state index in [1.807, 2.05) is 53.4 Å². The number of carbonyl (C=O) groups is 1. The molecule has 1 aromatic heterocycles. The molecule has 1 amide bonds. The number of allylic oxidation sites excluding steroid dienone is 1. The number of nitrogens with zero attached hydrogens (tertiary/aromatic N) is 2. The number of nitrogens with one attached hydrogen (secondary N) is 1. The number of H-pyrrole nitrogens is 1. The van der Waals surface area contributed by atoms with Gasteiger partial charge in [-0.3, -0.25) is 9.89 Å². The van der Waals surface area contributed by atoms with Gasteiger partial charge in [0.25, 0.3) is 0 Å². The van der Waals surface area contributed by atoms with Gasteiger partial charge in [-0.25, -0.2) is 0 Å². The molecule has 214 valence electrons. The molecule has 5 rings (SSSR count). The number of unbranched alkanes of at least 4 members (excludes halogenated alkanes) is 3. The summed E-state index contributed by atoms with van der Waals surface area (Å²) in [6, 6.07) is 24.2. The summed E-state index contributed by atoms with van der Waals surface area (Å²) in [5, 5.41) is 6.98. The SMILES string of the molecule is CC/C(=C(/c1ccc(OCCCCCCC(=O)N2CCOCC2)cc1)c1ccc2n[nH]c(F)c2c1)c1ccccc1. The van der Waals surface area contributed by atoms with Crippen LogP contribution in [0.1, 0.15) is 62.1 Å². The summed E-state index contributed by atoms with van der Waals surface area (Å²) in [4.78, 5) is 14.2. The number of hydrogen-bond donors (Lipinski definition) is 1. The summed E-state index contributed by atoms with van der Waals surface area (Å²) < 4.78 is 25.8. The number of aromatic nitrogens is 2. The Kier molecular flexibility index (Phi) is 9.81. The number of morpholine rings is 1. The first-order valence-electron chi connectivity index (χ1n) is 14.7. The van der Waals surface area contributed by atoms with Crippen molar-refractivity contribution in [2.24, 2.45) is 0 Å². The van der Waals surface area contributed by atoms with Gasteiger partial charge in [0.2, 0.25) is 11.9 Å². The monoisotopic (exact) mass is 555 g/mol. The van der Waals surface area contributed by atoms with Crippen LogP contribution in [0, 0.1) is 5.95 Å². The van der Waals surface area contributed by atoms with Crippen LogP contribution >= 0.6 is 0 Å². The van der Waals surface area contributed by atoms with Gasteiger partial charge in [-0.15, -0.1) is 0 Å². The van der Waals surface area contributed by atoms with Gasteiger partial charge in [-0.05, 0) is 71.4 Å². The molecule has 0 saturated carbocycles. The van der Waals surface area contributed by atoms with Crippen LogP contribution in [0.15, 0.2) is 72.8 Å². The van der Waals surface area contributed by atoms with Crippen LogP contribution in [0.2, 0.25) is 0 Å². The van der Waals surface area contributed by atoms with E-state index in [9.17, 15) is 9.18 Å². The van der Waals surface area contributed by atoms with Gasteiger partial charge in [0, 0.05) is 19.5 Å². The van der Waals surface area contributed by atoms with Gasteiger partial charge >= 0.3 is 0 Å². The highest BCUT2D eigenvalue weighted by molar-refractivity contribution is 6.00. The van der Waals surface area contributed by atoms with Crippen LogP contribution in [0.5, 0.6) is 5.75 Å². The highest BCUT2D eigenvalue weighted by atomic mass is 19.1. The van der Waals surface area contributed by atoms with E-state index in [1.54, 1.807) is 0 Å². The molecule has 2 heterocycles. The van der Waals surface area contributed by atoms with Gasteiger partial charge in [0.1, 0.15) is 5.75 Å². The summed E-state index contributed by atoms with van der Waals surface area (Å²) in [7, 11) is 0. The molecule has 6 nitrogen and oxygen atoms in total. The summed E-state index contributed by atoms with van der Waals surface area (Å²) in [6.07, 6.45) is 5.35. The zero-order chi connectivity index (χ0) is 28.4. The average molecular weight is 556 g/mol. The van der Waals surface area contributed by atoms with Crippen LogP contribution < -0.4 is 4.74 Å². The lowest BCUT2D eigenvalue weighted by molar-refractivity contribution is -0.135. The summed E-state index contributed by atoms with van der Waals surface area (Å²) >= 11 is 0. The average Bonchev–Trinajstić information content (AvgIpc) is 3.40. The Labute approximate surface area is 241 Å². The van der Waals surface area contributed by atoms with E-state index in [0.717, 1.165) is 60.1 Å². The van der Waals surface area contributed by atoms with Gasteiger partial charge < -0.3 is 14.4 Å². The van der Waals surface area contributed by atoms with Gasteiger partial charge in [-0.2, -0.15) is 9.49 Å². The number of halogens is 1. The fourth-order valence-electron chi connectivity index (χ4n) is 5.42. The first kappa shape index (κ1) is 28.6. The van der Waals surface area contributed by atoms with Crippen molar-refractivity contribution in [1.82, 2.24) is 15.1 Å². The molecule has 7 heteroatoms. The Morgan fingerprint density at radius 3 is 2.41 bits per heavy atom.